The highest BCUT2D eigenvalue weighted by molar-refractivity contribution is 5.69. The number of ether oxygens (including phenoxy) is 3. The Morgan fingerprint density at radius 2 is 1.67 bits per heavy atom. The molecular weight excluding hydrogens is 274 g/mol. The van der Waals surface area contributed by atoms with Gasteiger partial charge in [-0.15, -0.1) is 0 Å². The average Bonchev–Trinajstić information content (AvgIpc) is 2.41. The van der Waals surface area contributed by atoms with Crippen molar-refractivity contribution in [2.45, 2.75) is 31.7 Å². The summed E-state index contributed by atoms with van der Waals surface area (Å²) in [5.74, 6) is 0.126. The lowest BCUT2D eigenvalue weighted by Gasteiger charge is -2.30. The van der Waals surface area contributed by atoms with E-state index in [-0.39, 0.29) is 12.3 Å². The van der Waals surface area contributed by atoms with E-state index in [1.807, 2.05) is 0 Å². The molecule has 0 heterocycles. The summed E-state index contributed by atoms with van der Waals surface area (Å²) in [5, 5.41) is 9.12. The van der Waals surface area contributed by atoms with Crippen molar-refractivity contribution in [1.29, 1.82) is 0 Å². The Labute approximate surface area is 124 Å². The van der Waals surface area contributed by atoms with Gasteiger partial charge in [0.15, 0.2) is 11.5 Å². The molecule has 0 aromatic heterocycles. The number of carbonyl (C=O) groups is 1. The Morgan fingerprint density at radius 1 is 1.19 bits per heavy atom. The maximum absolute atomic E-state index is 11.1. The predicted molar refractivity (Wildman–Crippen MR) is 79.4 cm³/mol. The third-order valence-electron chi connectivity index (χ3n) is 3.37. The van der Waals surface area contributed by atoms with Gasteiger partial charge in [0.25, 0.3) is 0 Å². The summed E-state index contributed by atoms with van der Waals surface area (Å²) in [6.45, 7) is 3.59. The van der Waals surface area contributed by atoms with E-state index in [1.54, 1.807) is 26.0 Å². The maximum atomic E-state index is 11.1. The Morgan fingerprint density at radius 3 is 1.95 bits per heavy atom. The SMILES string of the molecule is COc1cc(C(CC(=O)O)C(C)(C)N)cc(OC)c1OC. The molecule has 6 nitrogen and oxygen atoms in total. The molecule has 1 aromatic carbocycles. The van der Waals surface area contributed by atoms with Crippen LogP contribution in [0.5, 0.6) is 17.2 Å². The first-order chi connectivity index (χ1) is 9.74. The van der Waals surface area contributed by atoms with E-state index in [1.165, 1.54) is 21.3 Å². The van der Waals surface area contributed by atoms with Crippen molar-refractivity contribution < 1.29 is 24.1 Å². The Hall–Kier alpha value is -1.95. The monoisotopic (exact) mass is 297 g/mol. The van der Waals surface area contributed by atoms with E-state index in [2.05, 4.69) is 0 Å². The first kappa shape index (κ1) is 17.1. The van der Waals surface area contributed by atoms with Crippen LogP contribution in [0.2, 0.25) is 0 Å². The van der Waals surface area contributed by atoms with Gasteiger partial charge in [-0.05, 0) is 31.5 Å². The molecule has 0 radical (unpaired) electrons. The number of hydrogen-bond acceptors (Lipinski definition) is 5. The molecule has 0 aliphatic carbocycles. The fourth-order valence-electron chi connectivity index (χ4n) is 2.29. The topological polar surface area (TPSA) is 91.0 Å². The van der Waals surface area contributed by atoms with Crippen LogP contribution >= 0.6 is 0 Å². The lowest BCUT2D eigenvalue weighted by Crippen LogP contribution is -2.40. The fraction of sp³-hybridized carbons (Fsp3) is 0.533. The summed E-state index contributed by atoms with van der Waals surface area (Å²) in [6, 6.07) is 3.48. The largest absolute Gasteiger partial charge is 0.493 e. The summed E-state index contributed by atoms with van der Waals surface area (Å²) < 4.78 is 15.9. The summed E-state index contributed by atoms with van der Waals surface area (Å²) >= 11 is 0. The van der Waals surface area contributed by atoms with Gasteiger partial charge in [-0.1, -0.05) is 0 Å². The first-order valence-electron chi connectivity index (χ1n) is 6.55. The molecule has 0 aliphatic heterocycles. The third kappa shape index (κ3) is 4.01. The summed E-state index contributed by atoms with van der Waals surface area (Å²) in [5.41, 5.74) is 6.17. The second-order valence-electron chi connectivity index (χ2n) is 5.43. The highest BCUT2D eigenvalue weighted by Crippen LogP contribution is 2.42. The van der Waals surface area contributed by atoms with Crippen LogP contribution in [0.15, 0.2) is 12.1 Å². The molecule has 1 rings (SSSR count). The minimum Gasteiger partial charge on any atom is -0.493 e. The van der Waals surface area contributed by atoms with Crippen LogP contribution in [0, 0.1) is 0 Å². The Bertz CT molecular complexity index is 482. The smallest absolute Gasteiger partial charge is 0.304 e. The van der Waals surface area contributed by atoms with E-state index < -0.39 is 11.5 Å². The van der Waals surface area contributed by atoms with Crippen LogP contribution in [0.25, 0.3) is 0 Å². The van der Waals surface area contributed by atoms with E-state index in [9.17, 15) is 4.79 Å². The Kier molecular flexibility index (Phi) is 5.43. The normalized spacial score (nSPS) is 12.7. The van der Waals surface area contributed by atoms with Gasteiger partial charge in [0.2, 0.25) is 5.75 Å². The molecular formula is C15H23NO5. The second kappa shape index (κ2) is 6.67. The number of carboxylic acid groups (broad SMARTS) is 1. The molecule has 0 aliphatic rings. The standard InChI is InChI=1S/C15H23NO5/c1-15(2,16)10(8-13(17)18)9-6-11(19-3)14(21-5)12(7-9)20-4/h6-7,10H,8,16H2,1-5H3,(H,17,18). The van der Waals surface area contributed by atoms with Crippen LogP contribution in [-0.4, -0.2) is 37.9 Å². The van der Waals surface area contributed by atoms with Crippen LogP contribution < -0.4 is 19.9 Å². The van der Waals surface area contributed by atoms with E-state index in [4.69, 9.17) is 25.1 Å². The molecule has 0 fully saturated rings. The second-order valence-corrected chi connectivity index (χ2v) is 5.43. The van der Waals surface area contributed by atoms with Gasteiger partial charge in [-0.3, -0.25) is 4.79 Å². The maximum Gasteiger partial charge on any atom is 0.304 e. The molecule has 118 valence electrons. The molecule has 1 unspecified atom stereocenters. The van der Waals surface area contributed by atoms with Crippen molar-refractivity contribution in [3.05, 3.63) is 17.7 Å². The van der Waals surface area contributed by atoms with Crippen LogP contribution in [0.4, 0.5) is 0 Å². The van der Waals surface area contributed by atoms with Gasteiger partial charge in [0.05, 0.1) is 27.8 Å². The van der Waals surface area contributed by atoms with Gasteiger partial charge in [0.1, 0.15) is 0 Å². The van der Waals surface area contributed by atoms with Gasteiger partial charge in [0, 0.05) is 11.5 Å². The lowest BCUT2D eigenvalue weighted by atomic mass is 9.80. The molecule has 6 heteroatoms. The van der Waals surface area contributed by atoms with Crippen molar-refractivity contribution in [3.63, 3.8) is 0 Å². The molecule has 21 heavy (non-hydrogen) atoms. The number of methoxy groups -OCH3 is 3. The van der Waals surface area contributed by atoms with E-state index in [0.717, 1.165) is 5.56 Å². The molecule has 0 amide bonds. The van der Waals surface area contributed by atoms with Crippen molar-refractivity contribution in [2.75, 3.05) is 21.3 Å². The minimum atomic E-state index is -0.910. The molecule has 3 N–H and O–H groups in total. The zero-order chi connectivity index (χ0) is 16.2. The van der Waals surface area contributed by atoms with E-state index >= 15 is 0 Å². The zero-order valence-corrected chi connectivity index (χ0v) is 13.1. The van der Waals surface area contributed by atoms with Crippen LogP contribution in [0.1, 0.15) is 31.7 Å². The molecule has 0 spiro atoms. The fourth-order valence-corrected chi connectivity index (χ4v) is 2.29. The number of rotatable bonds is 7. The van der Waals surface area contributed by atoms with Gasteiger partial charge in [-0.25, -0.2) is 0 Å². The van der Waals surface area contributed by atoms with Gasteiger partial charge in [-0.2, -0.15) is 0 Å². The highest BCUT2D eigenvalue weighted by Gasteiger charge is 2.31. The van der Waals surface area contributed by atoms with Crippen molar-refractivity contribution in [2.24, 2.45) is 5.73 Å². The van der Waals surface area contributed by atoms with Gasteiger partial charge < -0.3 is 25.1 Å². The number of hydrogen-bond donors (Lipinski definition) is 2. The Balaban J connectivity index is 3.41. The minimum absolute atomic E-state index is 0.0812. The number of benzene rings is 1. The predicted octanol–water partition coefficient (Wildman–Crippen LogP) is 2.01. The number of nitrogens with two attached hydrogens (primary N) is 1. The van der Waals surface area contributed by atoms with Crippen molar-refractivity contribution >= 4 is 5.97 Å². The summed E-state index contributed by atoms with van der Waals surface area (Å²) in [4.78, 5) is 11.1. The molecule has 0 bridgehead atoms. The first-order valence-corrected chi connectivity index (χ1v) is 6.55. The average molecular weight is 297 g/mol. The van der Waals surface area contributed by atoms with Crippen molar-refractivity contribution in [3.8, 4) is 17.2 Å². The molecule has 1 atom stereocenters. The van der Waals surface area contributed by atoms with Crippen LogP contribution in [-0.2, 0) is 4.79 Å². The quantitative estimate of drug-likeness (QED) is 0.800. The van der Waals surface area contributed by atoms with E-state index in [0.29, 0.717) is 17.2 Å². The summed E-state index contributed by atoms with van der Waals surface area (Å²) in [6.07, 6.45) is -0.0812. The van der Waals surface area contributed by atoms with Crippen molar-refractivity contribution in [1.82, 2.24) is 0 Å². The molecule has 1 aromatic rings. The van der Waals surface area contributed by atoms with Crippen LogP contribution in [0.3, 0.4) is 0 Å². The number of carboxylic acids is 1. The molecule has 0 saturated carbocycles. The van der Waals surface area contributed by atoms with Gasteiger partial charge >= 0.3 is 5.97 Å². The highest BCUT2D eigenvalue weighted by atomic mass is 16.5. The third-order valence-corrected chi connectivity index (χ3v) is 3.37. The zero-order valence-electron chi connectivity index (χ0n) is 13.1. The lowest BCUT2D eigenvalue weighted by molar-refractivity contribution is -0.137. The summed E-state index contributed by atoms with van der Waals surface area (Å²) in [7, 11) is 4.55. The molecule has 0 saturated heterocycles. The number of aliphatic carboxylic acids is 1.